The molecular weight excluding hydrogens is 290 g/mol. The van der Waals surface area contributed by atoms with Crippen LogP contribution in [0.2, 0.25) is 0 Å². The number of pyridine rings is 1. The molecule has 0 aliphatic heterocycles. The minimum atomic E-state index is -3.63. The van der Waals surface area contributed by atoms with Crippen LogP contribution in [0, 0.1) is 11.8 Å². The van der Waals surface area contributed by atoms with Gasteiger partial charge >= 0.3 is 0 Å². The average Bonchev–Trinajstić information content (AvgIpc) is 2.98. The summed E-state index contributed by atoms with van der Waals surface area (Å²) in [6.07, 6.45) is 5.81. The summed E-state index contributed by atoms with van der Waals surface area (Å²) in [6.45, 7) is 0.426. The van der Waals surface area contributed by atoms with Crippen LogP contribution < -0.4 is 5.73 Å². The van der Waals surface area contributed by atoms with E-state index in [1.54, 1.807) is 6.07 Å². The molecule has 2 aromatic rings. The molecule has 0 aliphatic rings. The Morgan fingerprint density at radius 2 is 2.24 bits per heavy atom. The van der Waals surface area contributed by atoms with Crippen molar-refractivity contribution in [3.05, 3.63) is 48.2 Å². The van der Waals surface area contributed by atoms with E-state index in [-0.39, 0.29) is 18.0 Å². The summed E-state index contributed by atoms with van der Waals surface area (Å²) in [5.41, 5.74) is 6.58. The van der Waals surface area contributed by atoms with Crippen molar-refractivity contribution >= 4 is 10.0 Å². The highest BCUT2D eigenvalue weighted by Gasteiger charge is 2.21. The Morgan fingerprint density at radius 3 is 2.90 bits per heavy atom. The van der Waals surface area contributed by atoms with Gasteiger partial charge in [-0.1, -0.05) is 11.8 Å². The van der Waals surface area contributed by atoms with Gasteiger partial charge in [0.05, 0.1) is 19.1 Å². The highest BCUT2D eigenvalue weighted by molar-refractivity contribution is 7.89. The van der Waals surface area contributed by atoms with E-state index in [1.807, 2.05) is 0 Å². The monoisotopic (exact) mass is 305 g/mol. The molecule has 0 aromatic carbocycles. The van der Waals surface area contributed by atoms with Gasteiger partial charge in [0.15, 0.2) is 0 Å². The topological polar surface area (TPSA) is 89.4 Å². The minimum absolute atomic E-state index is 0.0947. The first-order valence-corrected chi connectivity index (χ1v) is 7.59. The molecule has 0 radical (unpaired) electrons. The van der Waals surface area contributed by atoms with Gasteiger partial charge in [-0.15, -0.1) is 0 Å². The second-order valence-corrected chi connectivity index (χ2v) is 6.35. The smallest absolute Gasteiger partial charge is 0.244 e. The minimum Gasteiger partial charge on any atom is -0.472 e. The van der Waals surface area contributed by atoms with Crippen molar-refractivity contribution < 1.29 is 12.8 Å². The van der Waals surface area contributed by atoms with Gasteiger partial charge in [0.1, 0.15) is 4.90 Å². The van der Waals surface area contributed by atoms with Crippen molar-refractivity contribution in [1.29, 1.82) is 0 Å². The molecule has 0 fully saturated rings. The quantitative estimate of drug-likeness (QED) is 0.844. The van der Waals surface area contributed by atoms with E-state index in [2.05, 4.69) is 16.8 Å². The summed E-state index contributed by atoms with van der Waals surface area (Å²) in [4.78, 5) is 4.01. The SMILES string of the molecule is CN(Cc1ccoc1)S(=O)(=O)c1cncc(C#CCN)c1. The van der Waals surface area contributed by atoms with Gasteiger partial charge in [0, 0.05) is 37.1 Å². The Hall–Kier alpha value is -2.14. The molecule has 0 bridgehead atoms. The third-order valence-electron chi connectivity index (χ3n) is 2.74. The summed E-state index contributed by atoms with van der Waals surface area (Å²) in [7, 11) is -2.13. The van der Waals surface area contributed by atoms with Gasteiger partial charge in [-0.2, -0.15) is 4.31 Å². The second-order valence-electron chi connectivity index (χ2n) is 4.31. The van der Waals surface area contributed by atoms with Crippen LogP contribution in [0.15, 0.2) is 46.4 Å². The predicted molar refractivity (Wildman–Crippen MR) is 77.5 cm³/mol. The summed E-state index contributed by atoms with van der Waals surface area (Å²) >= 11 is 0. The zero-order chi connectivity index (χ0) is 15.3. The third-order valence-corrected chi connectivity index (χ3v) is 4.51. The van der Waals surface area contributed by atoms with Crippen molar-refractivity contribution in [2.75, 3.05) is 13.6 Å². The Bertz CT molecular complexity index is 758. The molecule has 0 saturated heterocycles. The Morgan fingerprint density at radius 1 is 1.43 bits per heavy atom. The fourth-order valence-corrected chi connectivity index (χ4v) is 2.83. The Kier molecular flexibility index (Phi) is 4.75. The average molecular weight is 305 g/mol. The van der Waals surface area contributed by atoms with Crippen molar-refractivity contribution in [2.45, 2.75) is 11.4 Å². The molecule has 110 valence electrons. The van der Waals surface area contributed by atoms with Gasteiger partial charge in [-0.05, 0) is 12.1 Å². The Labute approximate surface area is 123 Å². The van der Waals surface area contributed by atoms with Gasteiger partial charge in [-0.3, -0.25) is 4.98 Å². The van der Waals surface area contributed by atoms with Crippen LogP contribution >= 0.6 is 0 Å². The van der Waals surface area contributed by atoms with Crippen LogP contribution in [0.4, 0.5) is 0 Å². The van der Waals surface area contributed by atoms with E-state index in [9.17, 15) is 8.42 Å². The Balaban J connectivity index is 2.26. The van der Waals surface area contributed by atoms with Crippen molar-refractivity contribution in [3.8, 4) is 11.8 Å². The standard InChI is InChI=1S/C14H15N3O3S/c1-17(10-13-4-6-20-11-13)21(18,19)14-7-12(3-2-5-15)8-16-9-14/h4,6-9,11H,5,10,15H2,1H3. The molecule has 0 amide bonds. The number of aromatic nitrogens is 1. The fourth-order valence-electron chi connectivity index (χ4n) is 1.69. The largest absolute Gasteiger partial charge is 0.472 e. The second kappa shape index (κ2) is 6.54. The molecule has 2 rings (SSSR count). The molecule has 21 heavy (non-hydrogen) atoms. The highest BCUT2D eigenvalue weighted by Crippen LogP contribution is 2.17. The van der Waals surface area contributed by atoms with E-state index in [0.717, 1.165) is 5.56 Å². The zero-order valence-electron chi connectivity index (χ0n) is 11.5. The van der Waals surface area contributed by atoms with Crippen LogP contribution in [0.3, 0.4) is 0 Å². The van der Waals surface area contributed by atoms with E-state index >= 15 is 0 Å². The molecule has 0 atom stereocenters. The normalized spacial score (nSPS) is 11.2. The lowest BCUT2D eigenvalue weighted by Gasteiger charge is -2.16. The maximum absolute atomic E-state index is 12.5. The molecule has 0 aliphatic carbocycles. The first-order chi connectivity index (χ1) is 10.0. The van der Waals surface area contributed by atoms with Gasteiger partial charge in [0.2, 0.25) is 10.0 Å². The van der Waals surface area contributed by atoms with Gasteiger partial charge in [-0.25, -0.2) is 8.42 Å². The van der Waals surface area contributed by atoms with Gasteiger partial charge in [0.25, 0.3) is 0 Å². The number of nitrogens with two attached hydrogens (primary N) is 1. The molecule has 0 unspecified atom stereocenters. The lowest BCUT2D eigenvalue weighted by molar-refractivity contribution is 0.463. The van der Waals surface area contributed by atoms with Crippen molar-refractivity contribution in [3.63, 3.8) is 0 Å². The lowest BCUT2D eigenvalue weighted by atomic mass is 10.3. The van der Waals surface area contributed by atoms with E-state index in [0.29, 0.717) is 5.56 Å². The lowest BCUT2D eigenvalue weighted by Crippen LogP contribution is -2.26. The molecule has 6 nitrogen and oxygen atoms in total. The van der Waals surface area contributed by atoms with Crippen LogP contribution in [-0.4, -0.2) is 31.3 Å². The number of rotatable bonds is 4. The summed E-state index contributed by atoms with van der Waals surface area (Å²) in [5, 5.41) is 0. The maximum Gasteiger partial charge on any atom is 0.244 e. The van der Waals surface area contributed by atoms with Crippen LogP contribution in [0.25, 0.3) is 0 Å². The van der Waals surface area contributed by atoms with Gasteiger partial charge < -0.3 is 10.2 Å². The summed E-state index contributed by atoms with van der Waals surface area (Å²) in [5.74, 6) is 5.43. The number of hydrogen-bond donors (Lipinski definition) is 1. The summed E-state index contributed by atoms with van der Waals surface area (Å²) in [6, 6.07) is 3.20. The molecule has 2 N–H and O–H groups in total. The van der Waals surface area contributed by atoms with Crippen LogP contribution in [0.5, 0.6) is 0 Å². The number of hydrogen-bond acceptors (Lipinski definition) is 5. The third kappa shape index (κ3) is 3.70. The highest BCUT2D eigenvalue weighted by atomic mass is 32.2. The summed E-state index contributed by atoms with van der Waals surface area (Å²) < 4.78 is 31.1. The zero-order valence-corrected chi connectivity index (χ0v) is 12.3. The molecule has 0 spiro atoms. The van der Waals surface area contributed by atoms with E-state index in [1.165, 1.54) is 42.3 Å². The molecule has 2 heterocycles. The van der Waals surface area contributed by atoms with Crippen LogP contribution in [-0.2, 0) is 16.6 Å². The predicted octanol–water partition coefficient (Wildman–Crippen LogP) is 0.805. The first kappa shape index (κ1) is 15.3. The molecule has 7 heteroatoms. The van der Waals surface area contributed by atoms with E-state index in [4.69, 9.17) is 10.2 Å². The van der Waals surface area contributed by atoms with Crippen molar-refractivity contribution in [2.24, 2.45) is 5.73 Å². The number of nitrogens with zero attached hydrogens (tertiary/aromatic N) is 2. The molecule has 2 aromatic heterocycles. The first-order valence-electron chi connectivity index (χ1n) is 6.15. The maximum atomic E-state index is 12.5. The fraction of sp³-hybridized carbons (Fsp3) is 0.214. The number of sulfonamides is 1. The van der Waals surface area contributed by atoms with Crippen molar-refractivity contribution in [1.82, 2.24) is 9.29 Å². The molecular formula is C14H15N3O3S. The number of furan rings is 1. The van der Waals surface area contributed by atoms with E-state index < -0.39 is 10.0 Å². The van der Waals surface area contributed by atoms with Crippen LogP contribution in [0.1, 0.15) is 11.1 Å². The molecule has 0 saturated carbocycles.